The van der Waals surface area contributed by atoms with Crippen molar-refractivity contribution in [2.75, 3.05) is 0 Å². The first kappa shape index (κ1) is 12.9. The predicted octanol–water partition coefficient (Wildman–Crippen LogP) is 2.95. The van der Waals surface area contributed by atoms with Crippen molar-refractivity contribution in [2.45, 2.75) is 47.5 Å². The van der Waals surface area contributed by atoms with E-state index >= 15 is 0 Å². The van der Waals surface area contributed by atoms with Gasteiger partial charge in [0.05, 0.1) is 0 Å². The molecule has 80 valence electrons. The van der Waals surface area contributed by atoms with Crippen LogP contribution in [0.1, 0.15) is 47.6 Å². The van der Waals surface area contributed by atoms with Crippen LogP contribution in [0.3, 0.4) is 0 Å². The number of benzene rings is 1. The number of rotatable bonds is 1. The monoisotopic (exact) mass is 308 g/mol. The normalized spacial score (nSPS) is 11.2. The average Bonchev–Trinajstić information content (AvgIpc) is 2.11. The van der Waals surface area contributed by atoms with Gasteiger partial charge >= 0.3 is 122 Å². The first-order valence-corrected chi connectivity index (χ1v) is 6.21. The van der Waals surface area contributed by atoms with E-state index < -0.39 is 0 Å². The molecule has 0 heterocycles. The van der Waals surface area contributed by atoms with Crippen molar-refractivity contribution < 1.29 is 46.5 Å². The minimum atomic E-state index is 0.625. The average molecular weight is 308 g/mol. The molecule has 0 radical (unpaired) electrons. The zero-order valence-corrected chi connectivity index (χ0v) is 12.1. The van der Waals surface area contributed by atoms with Gasteiger partial charge in [-0.1, -0.05) is 0 Å². The molecule has 1 aromatic carbocycles. The van der Waals surface area contributed by atoms with Gasteiger partial charge in [0.2, 0.25) is 0 Å². The van der Waals surface area contributed by atoms with E-state index in [-0.39, 0.29) is 0 Å². The summed E-state index contributed by atoms with van der Waals surface area (Å²) >= 11 is 2.49. The van der Waals surface area contributed by atoms with Gasteiger partial charge in [0.1, 0.15) is 0 Å². The van der Waals surface area contributed by atoms with Crippen molar-refractivity contribution in [3.63, 3.8) is 0 Å². The van der Waals surface area contributed by atoms with Crippen LogP contribution in [0.15, 0.2) is 0 Å². The summed E-state index contributed by atoms with van der Waals surface area (Å²) in [6, 6.07) is 0. The fourth-order valence-corrected chi connectivity index (χ4v) is 3.41. The fraction of sp³-hybridized carbons (Fsp3) is 0.538. The summed E-state index contributed by atoms with van der Waals surface area (Å²) in [7, 11) is 0. The van der Waals surface area contributed by atoms with Gasteiger partial charge in [0.15, 0.2) is 0 Å². The Morgan fingerprint density at radius 2 is 1.21 bits per heavy atom. The van der Waals surface area contributed by atoms with Gasteiger partial charge in [-0.15, -0.1) is 0 Å². The van der Waals surface area contributed by atoms with Crippen LogP contribution in [-0.2, 0) is 0 Å². The van der Waals surface area contributed by atoms with Crippen LogP contribution in [0, 0.1) is 74.2 Å². The second-order valence-corrected chi connectivity index (χ2v) is 5.46. The molecule has 0 aliphatic carbocycles. The van der Waals surface area contributed by atoms with Gasteiger partial charge in [0.25, 0.3) is 0 Å². The van der Waals surface area contributed by atoms with Crippen LogP contribution in [0.5, 0.6) is 0 Å². The molecule has 1 aromatic rings. The molecule has 14 heavy (non-hydrogen) atoms. The van der Waals surface area contributed by atoms with E-state index in [1.165, 1.54) is 27.8 Å². The van der Waals surface area contributed by atoms with Crippen LogP contribution in [0.2, 0.25) is 0 Å². The second kappa shape index (κ2) is 4.75. The summed E-state index contributed by atoms with van der Waals surface area (Å²) in [6.45, 7) is 13.5. The third kappa shape index (κ3) is 2.15. The van der Waals surface area contributed by atoms with E-state index in [2.05, 4.69) is 88.1 Å². The van der Waals surface area contributed by atoms with E-state index in [1.54, 1.807) is 0 Å². The zero-order chi connectivity index (χ0) is 11.0. The Balaban J connectivity index is 3.60. The summed E-state index contributed by atoms with van der Waals surface area (Å²) in [6.07, 6.45) is 0. The van der Waals surface area contributed by atoms with Gasteiger partial charge in [-0.05, 0) is 0 Å². The van der Waals surface area contributed by atoms with Crippen LogP contribution in [-0.4, -0.2) is 0 Å². The molecule has 0 aliphatic heterocycles. The molecule has 0 saturated heterocycles. The molecule has 0 unspecified atom stereocenters. The van der Waals surface area contributed by atoms with Gasteiger partial charge in [-0.25, -0.2) is 0 Å². The number of hydrogen-bond acceptors (Lipinski definition) is 0. The van der Waals surface area contributed by atoms with E-state index in [0.717, 1.165) is 0 Å². The van der Waals surface area contributed by atoms with Gasteiger partial charge in [-0.2, -0.15) is 0 Å². The summed E-state index contributed by atoms with van der Waals surface area (Å²) in [5, 5.41) is 0. The summed E-state index contributed by atoms with van der Waals surface area (Å²) in [5.74, 6) is 0.625. The molecule has 0 amide bonds. The molecule has 0 spiro atoms. The van der Waals surface area contributed by atoms with E-state index in [4.69, 9.17) is 0 Å². The third-order valence-electron chi connectivity index (χ3n) is 3.23. The summed E-state index contributed by atoms with van der Waals surface area (Å²) in [4.78, 5) is 0. The molecule has 1 rings (SSSR count). The van der Waals surface area contributed by atoms with Crippen molar-refractivity contribution in [3.8, 4) is 0 Å². The first-order valence-electron chi connectivity index (χ1n) is 5.13. The Hall–Kier alpha value is 0.791. The molecular formula is C13H20Xe. The molecule has 0 bridgehead atoms. The Morgan fingerprint density at radius 3 is 1.64 bits per heavy atom. The molecule has 0 aliphatic rings. The molecule has 0 aromatic heterocycles. The van der Waals surface area contributed by atoms with Crippen molar-refractivity contribution in [2.24, 2.45) is 0 Å². The Morgan fingerprint density at radius 1 is 0.786 bits per heavy atom. The molecular weight excluding hydrogens is 287 g/mol. The standard InChI is InChI=1S/C13H20Xe/c1-7(2)12-10(5)8(3)9(4)11(6)13(12)14/h7,14H,1-6H3. The molecule has 0 N–H and O–H groups in total. The van der Waals surface area contributed by atoms with E-state index in [0.29, 0.717) is 5.92 Å². The molecule has 0 fully saturated rings. The van der Waals surface area contributed by atoms with Crippen LogP contribution in [0.4, 0.5) is 0 Å². The Kier molecular flexibility index (Phi) is 4.36. The predicted molar refractivity (Wildman–Crippen MR) is 60.5 cm³/mol. The second-order valence-electron chi connectivity index (χ2n) is 4.38. The topological polar surface area (TPSA) is 0 Å². The van der Waals surface area contributed by atoms with Gasteiger partial charge < -0.3 is 0 Å². The zero-order valence-electron chi connectivity index (χ0n) is 9.96. The number of hydrogen-bond donors (Lipinski definition) is 0. The van der Waals surface area contributed by atoms with Crippen LogP contribution in [0.25, 0.3) is 0 Å². The Labute approximate surface area is 120 Å². The maximum absolute atomic E-state index is 2.49. The molecule has 1 heteroatoms. The molecule has 0 nitrogen and oxygen atoms in total. The van der Waals surface area contributed by atoms with Crippen molar-refractivity contribution in [1.82, 2.24) is 0 Å². The molecule has 0 atom stereocenters. The minimum absolute atomic E-state index is 0.625. The summed E-state index contributed by atoms with van der Waals surface area (Å²) < 4.78 is 1.46. The fourth-order valence-electron chi connectivity index (χ4n) is 1.98. The SMILES string of the molecule is Cc1c(C)c(C)c(C(C)C)c([XeH])c1C. The quantitative estimate of drug-likeness (QED) is 0.748. The van der Waals surface area contributed by atoms with Crippen molar-refractivity contribution in [1.29, 1.82) is 0 Å². The molecule has 0 saturated carbocycles. The van der Waals surface area contributed by atoms with Crippen LogP contribution < -0.4 is 0.0314 Å². The van der Waals surface area contributed by atoms with E-state index in [1.807, 2.05) is 0 Å². The third-order valence-corrected chi connectivity index (χ3v) is 4.62. The van der Waals surface area contributed by atoms with Crippen LogP contribution >= 0.6 is 0 Å². The summed E-state index contributed by atoms with van der Waals surface area (Å²) in [5.41, 5.74) is 7.39. The van der Waals surface area contributed by atoms with Gasteiger partial charge in [0, 0.05) is 0 Å². The van der Waals surface area contributed by atoms with Crippen molar-refractivity contribution in [3.05, 3.63) is 27.8 Å². The van der Waals surface area contributed by atoms with E-state index in [9.17, 15) is 0 Å². The maximum atomic E-state index is 2.49. The first-order chi connectivity index (χ1) is 6.37. The van der Waals surface area contributed by atoms with Crippen molar-refractivity contribution >= 4 is 0.0314 Å². The Bertz CT molecular complexity index is 333. The van der Waals surface area contributed by atoms with Gasteiger partial charge in [-0.3, -0.25) is 0 Å².